The Hall–Kier alpha value is -1.70. The predicted molar refractivity (Wildman–Crippen MR) is 71.9 cm³/mol. The molecular formula is C12H10ClN2O4S+. The molecule has 0 aromatic heterocycles. The number of hydrogen-bond donors (Lipinski definition) is 2. The third-order valence-electron chi connectivity index (χ3n) is 3.31. The molecule has 1 aromatic carbocycles. The summed E-state index contributed by atoms with van der Waals surface area (Å²) in [5.74, 6) is -1.08. The number of fused-ring (bicyclic) bond motifs is 3. The van der Waals surface area contributed by atoms with Crippen molar-refractivity contribution in [2.45, 2.75) is 11.8 Å². The molecule has 3 rings (SSSR count). The summed E-state index contributed by atoms with van der Waals surface area (Å²) in [5.41, 5.74) is 0.465. The minimum atomic E-state index is -3.58. The van der Waals surface area contributed by atoms with Crippen LogP contribution in [0.15, 0.2) is 39.5 Å². The first-order valence-corrected chi connectivity index (χ1v) is 7.76. The summed E-state index contributed by atoms with van der Waals surface area (Å²) in [5, 5.41) is 9.54. The van der Waals surface area contributed by atoms with E-state index in [9.17, 15) is 13.2 Å². The molecule has 0 saturated carbocycles. The second-order valence-electron chi connectivity index (χ2n) is 4.60. The minimum absolute atomic E-state index is 0.168. The highest BCUT2D eigenvalue weighted by molar-refractivity contribution is 7.91. The van der Waals surface area contributed by atoms with Gasteiger partial charge < -0.3 is 5.11 Å². The van der Waals surface area contributed by atoms with Crippen LogP contribution in [0.2, 0.25) is 5.02 Å². The number of aliphatic imine (C=N–C) groups is 1. The van der Waals surface area contributed by atoms with Crippen molar-refractivity contribution in [2.75, 3.05) is 5.75 Å². The molecule has 0 fully saturated rings. The lowest BCUT2D eigenvalue weighted by atomic mass is 10.2. The molecule has 0 aliphatic carbocycles. The van der Waals surface area contributed by atoms with E-state index in [0.717, 1.165) is 0 Å². The number of nitrogens with one attached hydrogen (secondary N) is 1. The van der Waals surface area contributed by atoms with Gasteiger partial charge >= 0.3 is 5.97 Å². The van der Waals surface area contributed by atoms with Gasteiger partial charge in [0.2, 0.25) is 11.5 Å². The van der Waals surface area contributed by atoms with Crippen molar-refractivity contribution in [3.05, 3.63) is 34.6 Å². The molecule has 8 heteroatoms. The summed E-state index contributed by atoms with van der Waals surface area (Å²) in [6.07, 6.45) is 0. The van der Waals surface area contributed by atoms with Gasteiger partial charge in [-0.25, -0.2) is 18.1 Å². The van der Waals surface area contributed by atoms with Crippen LogP contribution in [0, 0.1) is 0 Å². The maximum absolute atomic E-state index is 12.3. The third-order valence-corrected chi connectivity index (χ3v) is 5.24. The number of sulfone groups is 1. The van der Waals surface area contributed by atoms with Gasteiger partial charge in [-0.2, -0.15) is 4.99 Å². The van der Waals surface area contributed by atoms with Crippen LogP contribution >= 0.6 is 11.6 Å². The highest BCUT2D eigenvalue weighted by atomic mass is 35.5. The Bertz CT molecular complexity index is 811. The van der Waals surface area contributed by atoms with Crippen molar-refractivity contribution in [2.24, 2.45) is 4.99 Å². The molecule has 0 bridgehead atoms. The lowest BCUT2D eigenvalue weighted by Crippen LogP contribution is -3.08. The molecule has 6 nitrogen and oxygen atoms in total. The van der Waals surface area contributed by atoms with E-state index in [1.165, 1.54) is 18.2 Å². The predicted octanol–water partition coefficient (Wildman–Crippen LogP) is 0.372. The Morgan fingerprint density at radius 1 is 1.45 bits per heavy atom. The lowest BCUT2D eigenvalue weighted by Gasteiger charge is -2.23. The first kappa shape index (κ1) is 13.3. The van der Waals surface area contributed by atoms with Crippen LogP contribution < -0.4 is 4.90 Å². The highest BCUT2D eigenvalue weighted by Gasteiger charge is 2.45. The number of carboxylic acid groups (broad SMARTS) is 1. The quantitative estimate of drug-likeness (QED) is 0.784. The topological polar surface area (TPSA) is 88.2 Å². The summed E-state index contributed by atoms with van der Waals surface area (Å²) >= 11 is 5.93. The number of amidine groups is 1. The average molecular weight is 314 g/mol. The van der Waals surface area contributed by atoms with E-state index in [-0.39, 0.29) is 22.0 Å². The summed E-state index contributed by atoms with van der Waals surface area (Å²) in [6, 6.07) is 4.49. The molecule has 2 heterocycles. The van der Waals surface area contributed by atoms with E-state index in [1.807, 2.05) is 0 Å². The van der Waals surface area contributed by atoms with Gasteiger partial charge in [0.15, 0.2) is 21.2 Å². The molecule has 0 spiro atoms. The first-order valence-electron chi connectivity index (χ1n) is 5.73. The average Bonchev–Trinajstić information content (AvgIpc) is 2.65. The van der Waals surface area contributed by atoms with Crippen LogP contribution in [0.4, 0.5) is 5.69 Å². The smallest absolute Gasteiger partial charge is 0.360 e. The summed E-state index contributed by atoms with van der Waals surface area (Å²) in [6.45, 7) is 1.66. The van der Waals surface area contributed by atoms with E-state index in [0.29, 0.717) is 21.4 Å². The maximum atomic E-state index is 12.3. The van der Waals surface area contributed by atoms with Gasteiger partial charge in [0, 0.05) is 18.0 Å². The highest BCUT2D eigenvalue weighted by Crippen LogP contribution is 2.30. The molecular weight excluding hydrogens is 304 g/mol. The molecule has 0 radical (unpaired) electrons. The molecule has 1 aromatic rings. The number of carboxylic acids is 1. The maximum Gasteiger partial charge on any atom is 0.360 e. The number of nitrogens with zero attached hydrogens (tertiary/aromatic N) is 1. The Morgan fingerprint density at radius 3 is 2.80 bits per heavy atom. The first-order chi connectivity index (χ1) is 9.31. The van der Waals surface area contributed by atoms with Crippen molar-refractivity contribution < 1.29 is 23.2 Å². The molecule has 1 atom stereocenters. The number of benzene rings is 1. The molecule has 104 valence electrons. The Kier molecular flexibility index (Phi) is 2.75. The largest absolute Gasteiger partial charge is 0.476 e. The van der Waals surface area contributed by atoms with Crippen molar-refractivity contribution in [1.82, 2.24) is 0 Å². The fraction of sp³-hybridized carbons (Fsp3) is 0.167. The Balaban J connectivity index is 2.34. The van der Waals surface area contributed by atoms with Crippen molar-refractivity contribution >= 4 is 38.9 Å². The number of rotatable bonds is 1. The molecule has 2 N–H and O–H groups in total. The molecule has 2 aliphatic rings. The van der Waals surface area contributed by atoms with Crippen LogP contribution in [0.25, 0.3) is 0 Å². The zero-order chi connectivity index (χ0) is 14.7. The molecule has 0 saturated heterocycles. The van der Waals surface area contributed by atoms with Crippen molar-refractivity contribution in [3.8, 4) is 0 Å². The monoisotopic (exact) mass is 313 g/mol. The second-order valence-corrected chi connectivity index (χ2v) is 7.00. The molecule has 20 heavy (non-hydrogen) atoms. The zero-order valence-corrected chi connectivity index (χ0v) is 11.9. The van der Waals surface area contributed by atoms with Crippen LogP contribution in [-0.4, -0.2) is 31.1 Å². The fourth-order valence-corrected chi connectivity index (χ4v) is 4.30. The standard InChI is InChI=1S/C12H9ClN2O4S/c1-6-14-11(12(16)17)9-5-20(18,19)10-3-2-7(13)4-8(10)15(6)9/h2-4H,5H2,1H3,(H,16,17)/p+1. The van der Waals surface area contributed by atoms with E-state index >= 15 is 0 Å². The fourth-order valence-electron chi connectivity index (χ4n) is 2.54. The number of hydrogen-bond acceptors (Lipinski definition) is 4. The van der Waals surface area contributed by atoms with E-state index in [2.05, 4.69) is 4.99 Å². The lowest BCUT2D eigenvalue weighted by molar-refractivity contribution is -0.684. The zero-order valence-electron chi connectivity index (χ0n) is 10.3. The summed E-state index contributed by atoms with van der Waals surface area (Å²) in [4.78, 5) is 15.9. The van der Waals surface area contributed by atoms with Gasteiger partial charge in [-0.05, 0) is 12.1 Å². The molecule has 1 unspecified atom stereocenters. The van der Waals surface area contributed by atoms with Crippen molar-refractivity contribution in [3.63, 3.8) is 0 Å². The van der Waals surface area contributed by atoms with Crippen LogP contribution in [0.3, 0.4) is 0 Å². The van der Waals surface area contributed by atoms with Gasteiger partial charge in [0.1, 0.15) is 10.6 Å². The number of halogens is 1. The van der Waals surface area contributed by atoms with Crippen LogP contribution in [0.1, 0.15) is 6.92 Å². The summed E-state index contributed by atoms with van der Waals surface area (Å²) < 4.78 is 24.5. The van der Waals surface area contributed by atoms with Gasteiger partial charge in [0.25, 0.3) is 0 Å². The van der Waals surface area contributed by atoms with Gasteiger partial charge in [0.05, 0.1) is 0 Å². The minimum Gasteiger partial charge on any atom is -0.476 e. The van der Waals surface area contributed by atoms with E-state index in [1.54, 1.807) is 6.92 Å². The van der Waals surface area contributed by atoms with Gasteiger partial charge in [-0.3, -0.25) is 0 Å². The van der Waals surface area contributed by atoms with Crippen LogP contribution in [0.5, 0.6) is 0 Å². The van der Waals surface area contributed by atoms with E-state index in [4.69, 9.17) is 16.7 Å². The number of quaternary nitrogens is 1. The normalized spacial score (nSPS) is 23.1. The number of aliphatic carboxylic acids is 1. The van der Waals surface area contributed by atoms with Crippen molar-refractivity contribution in [1.29, 1.82) is 0 Å². The Morgan fingerprint density at radius 2 is 2.15 bits per heavy atom. The van der Waals surface area contributed by atoms with Crippen LogP contribution in [-0.2, 0) is 14.6 Å². The van der Waals surface area contributed by atoms with Gasteiger partial charge in [-0.1, -0.05) is 11.6 Å². The third kappa shape index (κ3) is 1.78. The number of carbonyl (C=O) groups is 1. The molecule has 2 aliphatic heterocycles. The summed E-state index contributed by atoms with van der Waals surface area (Å²) in [7, 11) is -3.58. The SMILES string of the molecule is CC1=NC(C(=O)O)=C2CS(=O)(=O)c3ccc(Cl)cc3[NH+]12. The second kappa shape index (κ2) is 4.15. The van der Waals surface area contributed by atoms with E-state index < -0.39 is 15.8 Å². The Labute approximate surface area is 119 Å². The van der Waals surface area contributed by atoms with Gasteiger partial charge in [-0.15, -0.1) is 0 Å². The molecule has 0 amide bonds.